The van der Waals surface area contributed by atoms with Gasteiger partial charge in [-0.05, 0) is 25.1 Å². The van der Waals surface area contributed by atoms with Gasteiger partial charge in [-0.3, -0.25) is 24.3 Å². The van der Waals surface area contributed by atoms with Crippen LogP contribution in [0.25, 0.3) is 11.0 Å². The van der Waals surface area contributed by atoms with Crippen molar-refractivity contribution in [2.24, 2.45) is 4.99 Å². The minimum atomic E-state index is -1.53. The number of rotatable bonds is 3. The Morgan fingerprint density at radius 3 is 2.45 bits per heavy atom. The van der Waals surface area contributed by atoms with Crippen LogP contribution in [-0.2, 0) is 20.0 Å². The number of benzene rings is 2. The Morgan fingerprint density at radius 1 is 1.00 bits per heavy atom. The van der Waals surface area contributed by atoms with Gasteiger partial charge in [0.2, 0.25) is 29.4 Å². The van der Waals surface area contributed by atoms with Crippen LogP contribution in [0.5, 0.6) is 0 Å². The average molecular weight is 444 g/mol. The number of imidazole rings is 1. The molecule has 0 aliphatic carbocycles. The van der Waals surface area contributed by atoms with E-state index in [1.165, 1.54) is 4.90 Å². The standard InChI is InChI=1S/C24H24N6O3/c1-4-19(31)26-22-27-24(15-11-7-9-13-17(15)28(6-3)21(24)33)30-18-14-10-8-12-16(18)25-23(30)29(22)20(32)5-2/h7-14H,4-6H2,1-3H3,(H,26,27,31)/t24-/m1/s1. The van der Waals surface area contributed by atoms with Crippen molar-refractivity contribution in [3.05, 3.63) is 54.1 Å². The van der Waals surface area contributed by atoms with E-state index < -0.39 is 5.66 Å². The van der Waals surface area contributed by atoms with Crippen LogP contribution in [0.4, 0.5) is 11.6 Å². The van der Waals surface area contributed by atoms with E-state index >= 15 is 0 Å². The van der Waals surface area contributed by atoms with Crippen molar-refractivity contribution in [2.45, 2.75) is 39.3 Å². The van der Waals surface area contributed by atoms with Crippen LogP contribution in [0.15, 0.2) is 53.5 Å². The molecule has 3 aromatic rings. The summed E-state index contributed by atoms with van der Waals surface area (Å²) in [7, 11) is 0. The third-order valence-corrected chi connectivity index (χ3v) is 6.10. The molecule has 1 spiro atoms. The number of carbonyl (C=O) groups is 3. The van der Waals surface area contributed by atoms with E-state index in [0.717, 1.165) is 5.69 Å². The van der Waals surface area contributed by atoms with Gasteiger partial charge in [0.05, 0.1) is 16.7 Å². The number of fused-ring (bicyclic) bond motifs is 6. The minimum absolute atomic E-state index is 0.0117. The fourth-order valence-electron chi connectivity index (χ4n) is 4.57. The molecule has 0 radical (unpaired) electrons. The van der Waals surface area contributed by atoms with E-state index in [9.17, 15) is 14.4 Å². The number of amides is 3. The third kappa shape index (κ3) is 2.75. The molecule has 2 aliphatic rings. The number of hydrogen-bond donors (Lipinski definition) is 1. The number of likely N-dealkylation sites (N-methyl/N-ethyl adjacent to an activating group) is 1. The highest BCUT2D eigenvalue weighted by Gasteiger charge is 2.57. The maximum Gasteiger partial charge on any atom is 0.281 e. The van der Waals surface area contributed by atoms with E-state index in [1.807, 2.05) is 55.5 Å². The van der Waals surface area contributed by atoms with Crippen molar-refractivity contribution in [3.8, 4) is 0 Å². The smallest absolute Gasteiger partial charge is 0.281 e. The monoisotopic (exact) mass is 444 g/mol. The first-order valence-electron chi connectivity index (χ1n) is 11.1. The van der Waals surface area contributed by atoms with Crippen LogP contribution < -0.4 is 15.1 Å². The van der Waals surface area contributed by atoms with Crippen molar-refractivity contribution >= 4 is 46.4 Å². The number of para-hydroxylation sites is 3. The van der Waals surface area contributed by atoms with E-state index in [0.29, 0.717) is 23.1 Å². The molecule has 1 N–H and O–H groups in total. The van der Waals surface area contributed by atoms with Gasteiger partial charge in [0.1, 0.15) is 0 Å². The summed E-state index contributed by atoms with van der Waals surface area (Å²) in [5, 5.41) is 2.75. The number of aliphatic imine (C=N–C) groups is 1. The second kappa shape index (κ2) is 7.54. The number of anilines is 2. The van der Waals surface area contributed by atoms with Gasteiger partial charge in [-0.1, -0.05) is 44.2 Å². The fourth-order valence-corrected chi connectivity index (χ4v) is 4.57. The molecule has 2 aromatic carbocycles. The lowest BCUT2D eigenvalue weighted by Crippen LogP contribution is -2.57. The zero-order valence-electron chi connectivity index (χ0n) is 18.7. The summed E-state index contributed by atoms with van der Waals surface area (Å²) in [6, 6.07) is 14.9. The molecule has 168 valence electrons. The molecule has 9 heteroatoms. The highest BCUT2D eigenvalue weighted by atomic mass is 16.2. The van der Waals surface area contributed by atoms with Gasteiger partial charge in [0.15, 0.2) is 0 Å². The minimum Gasteiger partial charge on any atom is -0.308 e. The van der Waals surface area contributed by atoms with Crippen molar-refractivity contribution in [2.75, 3.05) is 16.3 Å². The molecule has 3 amide bonds. The summed E-state index contributed by atoms with van der Waals surface area (Å²) in [6.45, 7) is 5.79. The van der Waals surface area contributed by atoms with Crippen LogP contribution in [-0.4, -0.2) is 39.8 Å². The zero-order valence-corrected chi connectivity index (χ0v) is 18.7. The van der Waals surface area contributed by atoms with E-state index in [1.54, 1.807) is 23.3 Å². The first-order chi connectivity index (χ1) is 16.0. The number of guanidine groups is 1. The Morgan fingerprint density at radius 2 is 1.73 bits per heavy atom. The first-order valence-corrected chi connectivity index (χ1v) is 11.1. The number of nitrogens with one attached hydrogen (secondary N) is 1. The Hall–Kier alpha value is -4.01. The molecule has 1 atom stereocenters. The molecule has 0 unspecified atom stereocenters. The quantitative estimate of drug-likeness (QED) is 0.671. The molecule has 1 aromatic heterocycles. The fraction of sp³-hybridized carbons (Fsp3) is 0.292. The topological polar surface area (TPSA) is 99.9 Å². The van der Waals surface area contributed by atoms with Crippen LogP contribution in [0, 0.1) is 0 Å². The van der Waals surface area contributed by atoms with Crippen LogP contribution in [0.2, 0.25) is 0 Å². The Labute approximate surface area is 190 Å². The lowest BCUT2D eigenvalue weighted by molar-refractivity contribution is -0.124. The molecule has 0 fully saturated rings. The number of carbonyl (C=O) groups excluding carboxylic acids is 3. The molecule has 0 saturated heterocycles. The van der Waals surface area contributed by atoms with Gasteiger partial charge < -0.3 is 4.90 Å². The first kappa shape index (κ1) is 20.9. The van der Waals surface area contributed by atoms with Gasteiger partial charge in [-0.15, -0.1) is 0 Å². The van der Waals surface area contributed by atoms with Gasteiger partial charge in [0.25, 0.3) is 5.91 Å². The van der Waals surface area contributed by atoms with E-state index in [-0.39, 0.29) is 42.5 Å². The normalized spacial score (nSPS) is 19.0. The predicted octanol–water partition coefficient (Wildman–Crippen LogP) is 2.74. The predicted molar refractivity (Wildman–Crippen MR) is 125 cm³/mol. The summed E-state index contributed by atoms with van der Waals surface area (Å²) in [5.74, 6) is -0.596. The van der Waals surface area contributed by atoms with Crippen LogP contribution in [0.1, 0.15) is 39.2 Å². The molecular formula is C24H24N6O3. The summed E-state index contributed by atoms with van der Waals surface area (Å²) >= 11 is 0. The molecule has 2 aliphatic heterocycles. The molecule has 0 saturated carbocycles. The summed E-state index contributed by atoms with van der Waals surface area (Å²) in [5.41, 5.74) is 1.19. The van der Waals surface area contributed by atoms with Crippen molar-refractivity contribution < 1.29 is 14.4 Å². The van der Waals surface area contributed by atoms with Gasteiger partial charge in [0, 0.05) is 24.9 Å². The van der Waals surface area contributed by atoms with Gasteiger partial charge in [-0.2, -0.15) is 0 Å². The second-order valence-electron chi connectivity index (χ2n) is 7.89. The largest absolute Gasteiger partial charge is 0.308 e. The zero-order chi connectivity index (χ0) is 23.3. The molecular weight excluding hydrogens is 420 g/mol. The molecule has 33 heavy (non-hydrogen) atoms. The lowest BCUT2D eigenvalue weighted by Gasteiger charge is -2.37. The van der Waals surface area contributed by atoms with Crippen molar-refractivity contribution in [3.63, 3.8) is 0 Å². The van der Waals surface area contributed by atoms with E-state index in [2.05, 4.69) is 5.32 Å². The molecule has 3 heterocycles. The summed E-state index contributed by atoms with van der Waals surface area (Å²) < 4.78 is 1.73. The number of nitrogens with zero attached hydrogens (tertiary/aromatic N) is 5. The van der Waals surface area contributed by atoms with Gasteiger partial charge >= 0.3 is 0 Å². The maximum atomic E-state index is 14.1. The lowest BCUT2D eigenvalue weighted by atomic mass is 10.00. The Balaban J connectivity index is 1.91. The third-order valence-electron chi connectivity index (χ3n) is 6.10. The van der Waals surface area contributed by atoms with Crippen molar-refractivity contribution in [1.82, 2.24) is 14.9 Å². The maximum absolute atomic E-state index is 14.1. The van der Waals surface area contributed by atoms with Gasteiger partial charge in [-0.25, -0.2) is 14.9 Å². The number of aromatic nitrogens is 2. The molecule has 9 nitrogen and oxygen atoms in total. The SMILES string of the molecule is CCC(=O)NC1=N[C@@]2(C(=O)N(CC)c3ccccc32)n2c(nc3ccccc32)N1C(=O)CC. The Kier molecular flexibility index (Phi) is 4.77. The van der Waals surface area contributed by atoms with Crippen LogP contribution in [0.3, 0.4) is 0 Å². The van der Waals surface area contributed by atoms with Crippen molar-refractivity contribution in [1.29, 1.82) is 0 Å². The summed E-state index contributed by atoms with van der Waals surface area (Å²) in [6.07, 6.45) is 0.366. The second-order valence-corrected chi connectivity index (χ2v) is 7.89. The highest BCUT2D eigenvalue weighted by molar-refractivity contribution is 6.22. The average Bonchev–Trinajstić information content (AvgIpc) is 3.33. The molecule has 5 rings (SSSR count). The highest BCUT2D eigenvalue weighted by Crippen LogP contribution is 2.49. The number of hydrogen-bond acceptors (Lipinski definition) is 5. The molecule has 0 bridgehead atoms. The van der Waals surface area contributed by atoms with E-state index in [4.69, 9.17) is 9.98 Å². The summed E-state index contributed by atoms with van der Waals surface area (Å²) in [4.78, 5) is 52.1. The Bertz CT molecular complexity index is 1340. The van der Waals surface area contributed by atoms with Crippen LogP contribution >= 0.6 is 0 Å².